The molecule has 2 fully saturated rings. The minimum atomic E-state index is -0.999. The predicted octanol–water partition coefficient (Wildman–Crippen LogP) is 1.91. The Kier molecular flexibility index (Phi) is 11.1. The molecule has 3 amide bonds. The van der Waals surface area contributed by atoms with Gasteiger partial charge in [-0.05, 0) is 74.3 Å². The molecule has 1 aliphatic carbocycles. The first-order valence-electron chi connectivity index (χ1n) is 16.2. The monoisotopic (exact) mass is 634 g/mol. The molecule has 248 valence electrons. The number of nitrogens with zero attached hydrogens (tertiary/aromatic N) is 1. The minimum absolute atomic E-state index is 0.109. The second-order valence-corrected chi connectivity index (χ2v) is 12.8. The van der Waals surface area contributed by atoms with Gasteiger partial charge in [0, 0.05) is 19.5 Å². The number of rotatable bonds is 14. The quantitative estimate of drug-likeness (QED) is 0.268. The summed E-state index contributed by atoms with van der Waals surface area (Å²) >= 11 is 0. The molecule has 0 saturated carbocycles. The lowest BCUT2D eigenvalue weighted by Gasteiger charge is -2.31. The highest BCUT2D eigenvalue weighted by atomic mass is 16.6. The number of hydrogen-bond acceptors (Lipinski definition) is 8. The Bertz CT molecular complexity index is 1390. The Morgan fingerprint density at radius 1 is 0.978 bits per heavy atom. The van der Waals surface area contributed by atoms with Crippen molar-refractivity contribution in [3.63, 3.8) is 0 Å². The molecular weight excluding hydrogens is 588 g/mol. The van der Waals surface area contributed by atoms with E-state index in [2.05, 4.69) is 28.1 Å². The van der Waals surface area contributed by atoms with E-state index in [-0.39, 0.29) is 30.6 Å². The predicted molar refractivity (Wildman–Crippen MR) is 172 cm³/mol. The summed E-state index contributed by atoms with van der Waals surface area (Å²) in [7, 11) is 1.58. The molecule has 2 saturated heterocycles. The number of ketones is 1. The molecule has 2 aromatic carbocycles. The third-order valence-corrected chi connectivity index (χ3v) is 9.22. The lowest BCUT2D eigenvalue weighted by molar-refractivity contribution is -0.134. The van der Waals surface area contributed by atoms with Crippen molar-refractivity contribution in [3.8, 4) is 5.75 Å². The van der Waals surface area contributed by atoms with Crippen LogP contribution in [0.1, 0.15) is 55.7 Å². The summed E-state index contributed by atoms with van der Waals surface area (Å²) in [6, 6.07) is 12.9. The van der Waals surface area contributed by atoms with E-state index in [0.29, 0.717) is 45.1 Å². The van der Waals surface area contributed by atoms with E-state index >= 15 is 0 Å². The zero-order valence-corrected chi connectivity index (χ0v) is 27.0. The van der Waals surface area contributed by atoms with Gasteiger partial charge in [0.25, 0.3) is 0 Å². The highest BCUT2D eigenvalue weighted by Crippen LogP contribution is 2.37. The SMILES string of the molecule is COc1ccc(C[C@H](NC(=O)[C@H](C)NC(=O)CN2CCOCC2)C(=O)N[C@@H](C[C@H]2CCCc3ccccc32)C(=O)[C@@]2(C)CO2)cc1. The number of methoxy groups -OCH3 is 1. The van der Waals surface area contributed by atoms with Crippen LogP contribution in [0.2, 0.25) is 0 Å². The molecule has 5 atom stereocenters. The van der Waals surface area contributed by atoms with E-state index in [9.17, 15) is 19.2 Å². The van der Waals surface area contributed by atoms with Crippen LogP contribution < -0.4 is 20.7 Å². The first-order valence-corrected chi connectivity index (χ1v) is 16.2. The van der Waals surface area contributed by atoms with Crippen LogP contribution in [0, 0.1) is 0 Å². The Balaban J connectivity index is 1.30. The van der Waals surface area contributed by atoms with Gasteiger partial charge in [0.1, 0.15) is 23.4 Å². The van der Waals surface area contributed by atoms with Crippen molar-refractivity contribution in [1.82, 2.24) is 20.9 Å². The summed E-state index contributed by atoms with van der Waals surface area (Å²) in [5, 5.41) is 8.61. The van der Waals surface area contributed by atoms with Gasteiger partial charge >= 0.3 is 0 Å². The van der Waals surface area contributed by atoms with E-state index in [1.165, 1.54) is 11.1 Å². The number of benzene rings is 2. The number of ether oxygens (including phenoxy) is 3. The van der Waals surface area contributed by atoms with Gasteiger partial charge in [-0.1, -0.05) is 36.4 Å². The number of carbonyl (C=O) groups is 4. The fraction of sp³-hybridized carbons (Fsp3) is 0.543. The zero-order chi connectivity index (χ0) is 32.7. The molecule has 0 radical (unpaired) electrons. The van der Waals surface area contributed by atoms with Crippen LogP contribution >= 0.6 is 0 Å². The molecule has 2 heterocycles. The fourth-order valence-corrected chi connectivity index (χ4v) is 6.33. The van der Waals surface area contributed by atoms with Crippen LogP contribution in [0.4, 0.5) is 0 Å². The van der Waals surface area contributed by atoms with Crippen molar-refractivity contribution in [2.45, 2.75) is 75.6 Å². The molecule has 0 aromatic heterocycles. The fourth-order valence-electron chi connectivity index (χ4n) is 6.33. The molecule has 11 heteroatoms. The largest absolute Gasteiger partial charge is 0.497 e. The average molecular weight is 635 g/mol. The van der Waals surface area contributed by atoms with Crippen molar-refractivity contribution in [2.75, 3.05) is 46.6 Å². The Hall–Kier alpha value is -3.80. The Labute approximate surface area is 270 Å². The molecule has 3 N–H and O–H groups in total. The van der Waals surface area contributed by atoms with Crippen LogP contribution in [-0.4, -0.2) is 98.7 Å². The number of fused-ring (bicyclic) bond motifs is 1. The van der Waals surface area contributed by atoms with Crippen molar-refractivity contribution in [1.29, 1.82) is 0 Å². The van der Waals surface area contributed by atoms with Gasteiger partial charge < -0.3 is 30.2 Å². The number of nitrogens with one attached hydrogen (secondary N) is 3. The van der Waals surface area contributed by atoms with Crippen LogP contribution in [0.15, 0.2) is 48.5 Å². The maximum absolute atomic E-state index is 14.0. The summed E-state index contributed by atoms with van der Waals surface area (Å²) in [5.41, 5.74) is 2.36. The van der Waals surface area contributed by atoms with Gasteiger partial charge in [0.2, 0.25) is 17.7 Å². The first kappa shape index (κ1) is 33.6. The van der Waals surface area contributed by atoms with Crippen molar-refractivity contribution in [3.05, 3.63) is 65.2 Å². The smallest absolute Gasteiger partial charge is 0.243 e. The molecule has 0 spiro atoms. The standard InChI is InChI=1S/C35H46N4O7/c1-23(36-31(40)21-39-15-17-45-18-16-39)33(42)38-30(19-24-11-13-27(44-3)14-12-24)34(43)37-29(32(41)35(2)22-46-35)20-26-9-6-8-25-7-4-5-10-28(25)26/h4-5,7,10-14,23,26,29-30H,6,8-9,15-22H2,1-3H3,(H,36,40)(H,37,43)(H,38,42)/t23-,26+,29-,30-,35+/m0/s1. The van der Waals surface area contributed by atoms with E-state index < -0.39 is 35.5 Å². The van der Waals surface area contributed by atoms with E-state index in [1.54, 1.807) is 33.1 Å². The van der Waals surface area contributed by atoms with Gasteiger partial charge in [-0.15, -0.1) is 0 Å². The second kappa shape index (κ2) is 15.2. The molecule has 5 rings (SSSR count). The summed E-state index contributed by atoms with van der Waals surface area (Å²) < 4.78 is 16.1. The number of carbonyl (C=O) groups excluding carboxylic acids is 4. The van der Waals surface area contributed by atoms with Gasteiger partial charge in [-0.3, -0.25) is 24.1 Å². The number of hydrogen-bond donors (Lipinski definition) is 3. The number of Topliss-reactive ketones (excluding diaryl/α,β-unsaturated/α-hetero) is 1. The number of epoxide rings is 1. The van der Waals surface area contributed by atoms with Crippen LogP contribution in [0.5, 0.6) is 5.75 Å². The molecule has 2 aromatic rings. The molecule has 3 aliphatic rings. The van der Waals surface area contributed by atoms with Crippen molar-refractivity contribution < 1.29 is 33.4 Å². The first-order chi connectivity index (χ1) is 22.1. The Morgan fingerprint density at radius 2 is 1.67 bits per heavy atom. The van der Waals surface area contributed by atoms with E-state index in [0.717, 1.165) is 24.8 Å². The van der Waals surface area contributed by atoms with E-state index in [1.807, 2.05) is 29.2 Å². The zero-order valence-electron chi connectivity index (χ0n) is 27.0. The molecule has 11 nitrogen and oxygen atoms in total. The third kappa shape index (κ3) is 8.71. The number of amides is 3. The molecule has 0 bridgehead atoms. The highest BCUT2D eigenvalue weighted by molar-refractivity contribution is 5.98. The highest BCUT2D eigenvalue weighted by Gasteiger charge is 2.50. The summed E-state index contributed by atoms with van der Waals surface area (Å²) in [6.45, 7) is 6.23. The van der Waals surface area contributed by atoms with Gasteiger partial charge in [-0.25, -0.2) is 0 Å². The minimum Gasteiger partial charge on any atom is -0.497 e. The third-order valence-electron chi connectivity index (χ3n) is 9.22. The lowest BCUT2D eigenvalue weighted by atomic mass is 9.78. The topological polar surface area (TPSA) is 139 Å². The van der Waals surface area contributed by atoms with E-state index in [4.69, 9.17) is 14.2 Å². The molecule has 46 heavy (non-hydrogen) atoms. The second-order valence-electron chi connectivity index (χ2n) is 12.8. The maximum atomic E-state index is 14.0. The molecular formula is C35H46N4O7. The molecule has 2 aliphatic heterocycles. The van der Waals surface area contributed by atoms with Gasteiger partial charge in [-0.2, -0.15) is 0 Å². The van der Waals surface area contributed by atoms with Crippen molar-refractivity contribution >= 4 is 23.5 Å². The maximum Gasteiger partial charge on any atom is 0.243 e. The van der Waals surface area contributed by atoms with Crippen LogP contribution in [0.25, 0.3) is 0 Å². The Morgan fingerprint density at radius 3 is 2.37 bits per heavy atom. The lowest BCUT2D eigenvalue weighted by Crippen LogP contribution is -2.57. The summed E-state index contributed by atoms with van der Waals surface area (Å²) in [6.07, 6.45) is 3.54. The number of aryl methyl sites for hydroxylation is 1. The average Bonchev–Trinajstić information content (AvgIpc) is 3.82. The summed E-state index contributed by atoms with van der Waals surface area (Å²) in [4.78, 5) is 55.7. The van der Waals surface area contributed by atoms with Crippen LogP contribution in [-0.2, 0) is 41.5 Å². The van der Waals surface area contributed by atoms with Gasteiger partial charge in [0.05, 0.1) is 39.5 Å². The normalized spacial score (nSPS) is 22.8. The summed E-state index contributed by atoms with van der Waals surface area (Å²) in [5.74, 6) is -0.633. The number of morpholine rings is 1. The van der Waals surface area contributed by atoms with Gasteiger partial charge in [0.15, 0.2) is 5.78 Å². The van der Waals surface area contributed by atoms with Crippen molar-refractivity contribution in [2.24, 2.45) is 0 Å². The molecule has 0 unspecified atom stereocenters. The van der Waals surface area contributed by atoms with Crippen LogP contribution in [0.3, 0.4) is 0 Å².